The highest BCUT2D eigenvalue weighted by molar-refractivity contribution is 5.94. The van der Waals surface area contributed by atoms with E-state index in [9.17, 15) is 4.79 Å². The summed E-state index contributed by atoms with van der Waals surface area (Å²) < 4.78 is 0. The average Bonchev–Trinajstić information content (AvgIpc) is 3.23. The van der Waals surface area contributed by atoms with Crippen molar-refractivity contribution in [2.24, 2.45) is 5.92 Å². The minimum Gasteiger partial charge on any atom is -0.355 e. The number of halogens is 2. The number of hydrogen-bond acceptors (Lipinski definition) is 5. The van der Waals surface area contributed by atoms with Crippen LogP contribution in [-0.4, -0.2) is 48.1 Å². The number of aromatic nitrogens is 2. The third-order valence-electron chi connectivity index (χ3n) is 5.61. The molecule has 2 N–H and O–H groups in total. The number of hydrogen-bond donors (Lipinski definition) is 2. The number of anilines is 1. The van der Waals surface area contributed by atoms with Gasteiger partial charge in [-0.2, -0.15) is 0 Å². The van der Waals surface area contributed by atoms with Gasteiger partial charge in [0.05, 0.1) is 6.20 Å². The largest absolute Gasteiger partial charge is 0.355 e. The molecule has 3 heterocycles. The maximum absolute atomic E-state index is 12.6. The van der Waals surface area contributed by atoms with E-state index < -0.39 is 0 Å². The van der Waals surface area contributed by atoms with Crippen LogP contribution in [-0.2, 0) is 6.42 Å². The molecule has 6 nitrogen and oxygen atoms in total. The topological polar surface area (TPSA) is 70.2 Å². The molecular weight excluding hydrogens is 409 g/mol. The average molecular weight is 438 g/mol. The number of carbonyl (C=O) groups excluding carboxylic acids is 1. The molecular formula is C21H29Cl2N5O. The van der Waals surface area contributed by atoms with Crippen LogP contribution in [0.5, 0.6) is 0 Å². The Hall–Kier alpha value is -1.89. The van der Waals surface area contributed by atoms with Crippen LogP contribution in [0, 0.1) is 5.92 Å². The summed E-state index contributed by atoms with van der Waals surface area (Å²) in [5, 5.41) is 6.59. The van der Waals surface area contributed by atoms with Crippen LogP contribution in [0.4, 0.5) is 5.82 Å². The second-order valence-corrected chi connectivity index (χ2v) is 7.56. The summed E-state index contributed by atoms with van der Waals surface area (Å²) >= 11 is 0. The van der Waals surface area contributed by atoms with Gasteiger partial charge < -0.3 is 15.5 Å². The molecule has 1 amide bonds. The lowest BCUT2D eigenvalue weighted by atomic mass is 9.97. The molecule has 2 fully saturated rings. The van der Waals surface area contributed by atoms with E-state index in [2.05, 4.69) is 37.6 Å². The van der Waals surface area contributed by atoms with Gasteiger partial charge in [-0.15, -0.1) is 24.8 Å². The van der Waals surface area contributed by atoms with E-state index in [1.165, 1.54) is 12.0 Å². The molecule has 0 bridgehead atoms. The highest BCUT2D eigenvalue weighted by Crippen LogP contribution is 2.18. The van der Waals surface area contributed by atoms with Gasteiger partial charge in [0.2, 0.25) is 0 Å². The fourth-order valence-electron chi connectivity index (χ4n) is 3.99. The molecule has 8 heteroatoms. The number of benzene rings is 1. The van der Waals surface area contributed by atoms with Gasteiger partial charge in [-0.3, -0.25) is 9.78 Å². The summed E-state index contributed by atoms with van der Waals surface area (Å²) in [7, 11) is 0. The predicted octanol–water partition coefficient (Wildman–Crippen LogP) is 2.87. The van der Waals surface area contributed by atoms with Crippen LogP contribution in [0.1, 0.15) is 35.2 Å². The third-order valence-corrected chi connectivity index (χ3v) is 5.61. The van der Waals surface area contributed by atoms with Crippen LogP contribution in [0.25, 0.3) is 0 Å². The molecule has 0 spiro atoms. The summed E-state index contributed by atoms with van der Waals surface area (Å²) in [6, 6.07) is 8.34. The zero-order valence-corrected chi connectivity index (χ0v) is 18.1. The van der Waals surface area contributed by atoms with E-state index in [0.717, 1.165) is 62.7 Å². The molecule has 158 valence electrons. The standard InChI is InChI=1S/C21H27N5O.2ClH/c27-21(18-3-1-16(2-4-18)13-17-5-8-22-14-17)25-19-6-11-26(12-7-19)20-15-23-9-10-24-20;;/h1-4,9-10,15,17,19,22H,5-8,11-14H2,(H,25,27);2*1H. The van der Waals surface area contributed by atoms with Gasteiger partial charge in [-0.25, -0.2) is 4.98 Å². The van der Waals surface area contributed by atoms with Gasteiger partial charge in [-0.05, 0) is 62.4 Å². The van der Waals surface area contributed by atoms with Crippen molar-refractivity contribution >= 4 is 36.5 Å². The maximum atomic E-state index is 12.6. The van der Waals surface area contributed by atoms with Crippen LogP contribution in [0.15, 0.2) is 42.9 Å². The summed E-state index contributed by atoms with van der Waals surface area (Å²) in [5.74, 6) is 1.67. The highest BCUT2D eigenvalue weighted by atomic mass is 35.5. The predicted molar refractivity (Wildman–Crippen MR) is 120 cm³/mol. The van der Waals surface area contributed by atoms with E-state index >= 15 is 0 Å². The van der Waals surface area contributed by atoms with Gasteiger partial charge in [0, 0.05) is 37.1 Å². The first kappa shape index (κ1) is 23.4. The normalized spacial score (nSPS) is 19.2. The molecule has 0 radical (unpaired) electrons. The van der Waals surface area contributed by atoms with Crippen molar-refractivity contribution in [1.29, 1.82) is 0 Å². The van der Waals surface area contributed by atoms with Gasteiger partial charge in [0.25, 0.3) is 5.91 Å². The van der Waals surface area contributed by atoms with Crippen molar-refractivity contribution in [3.63, 3.8) is 0 Å². The first-order chi connectivity index (χ1) is 13.3. The smallest absolute Gasteiger partial charge is 0.251 e. The molecule has 4 rings (SSSR count). The van der Waals surface area contributed by atoms with Gasteiger partial charge in [0.1, 0.15) is 5.82 Å². The Morgan fingerprint density at radius 2 is 1.86 bits per heavy atom. The lowest BCUT2D eigenvalue weighted by molar-refractivity contribution is 0.0931. The zero-order chi connectivity index (χ0) is 18.5. The number of piperidine rings is 1. The first-order valence-electron chi connectivity index (χ1n) is 9.89. The Kier molecular flexibility index (Phi) is 9.14. The number of amides is 1. The number of carbonyl (C=O) groups is 1. The number of nitrogens with zero attached hydrogens (tertiary/aromatic N) is 3. The lowest BCUT2D eigenvalue weighted by Crippen LogP contribution is -2.45. The Bertz CT molecular complexity index is 745. The summed E-state index contributed by atoms with van der Waals surface area (Å²) in [6.45, 7) is 4.01. The molecule has 2 aliphatic rings. The van der Waals surface area contributed by atoms with Gasteiger partial charge >= 0.3 is 0 Å². The highest BCUT2D eigenvalue weighted by Gasteiger charge is 2.22. The van der Waals surface area contributed by atoms with Crippen molar-refractivity contribution in [1.82, 2.24) is 20.6 Å². The molecule has 2 saturated heterocycles. The Morgan fingerprint density at radius 3 is 2.48 bits per heavy atom. The molecule has 1 aromatic heterocycles. The van der Waals surface area contributed by atoms with Crippen molar-refractivity contribution in [3.05, 3.63) is 54.0 Å². The fourth-order valence-corrected chi connectivity index (χ4v) is 3.99. The SMILES string of the molecule is Cl.Cl.O=C(NC1CCN(c2cnccn2)CC1)c1ccc(CC2CCNC2)cc1. The van der Waals surface area contributed by atoms with Crippen molar-refractivity contribution in [2.75, 3.05) is 31.1 Å². The van der Waals surface area contributed by atoms with Crippen LogP contribution >= 0.6 is 24.8 Å². The van der Waals surface area contributed by atoms with E-state index in [1.54, 1.807) is 18.6 Å². The van der Waals surface area contributed by atoms with Gasteiger partial charge in [-0.1, -0.05) is 12.1 Å². The monoisotopic (exact) mass is 437 g/mol. The minimum atomic E-state index is 0. The van der Waals surface area contributed by atoms with Crippen LogP contribution in [0.2, 0.25) is 0 Å². The molecule has 1 unspecified atom stereocenters. The Labute approximate surface area is 184 Å². The summed E-state index contributed by atoms with van der Waals surface area (Å²) in [4.78, 5) is 23.3. The minimum absolute atomic E-state index is 0. The molecule has 2 aliphatic heterocycles. The van der Waals surface area contributed by atoms with Gasteiger partial charge in [0.15, 0.2) is 0 Å². The van der Waals surface area contributed by atoms with E-state index in [1.807, 2.05) is 12.1 Å². The number of nitrogens with one attached hydrogen (secondary N) is 2. The summed E-state index contributed by atoms with van der Waals surface area (Å²) in [5.41, 5.74) is 2.07. The Balaban J connectivity index is 0.00000150. The van der Waals surface area contributed by atoms with Crippen LogP contribution < -0.4 is 15.5 Å². The second kappa shape index (κ2) is 11.3. The van der Waals surface area contributed by atoms with E-state index in [4.69, 9.17) is 0 Å². The molecule has 0 aliphatic carbocycles. The molecule has 1 atom stereocenters. The van der Waals surface area contributed by atoms with Crippen molar-refractivity contribution in [3.8, 4) is 0 Å². The molecule has 29 heavy (non-hydrogen) atoms. The summed E-state index contributed by atoms with van der Waals surface area (Å²) in [6.07, 6.45) is 9.39. The van der Waals surface area contributed by atoms with Crippen molar-refractivity contribution < 1.29 is 4.79 Å². The lowest BCUT2D eigenvalue weighted by Gasteiger charge is -2.32. The third kappa shape index (κ3) is 6.29. The quantitative estimate of drug-likeness (QED) is 0.752. The number of rotatable bonds is 5. The fraction of sp³-hybridized carbons (Fsp3) is 0.476. The first-order valence-corrected chi connectivity index (χ1v) is 9.89. The second-order valence-electron chi connectivity index (χ2n) is 7.56. The zero-order valence-electron chi connectivity index (χ0n) is 16.4. The van der Waals surface area contributed by atoms with Crippen LogP contribution in [0.3, 0.4) is 0 Å². The molecule has 0 saturated carbocycles. The van der Waals surface area contributed by atoms with E-state index in [0.29, 0.717) is 0 Å². The Morgan fingerprint density at radius 1 is 1.10 bits per heavy atom. The molecule has 2 aromatic rings. The van der Waals surface area contributed by atoms with E-state index in [-0.39, 0.29) is 36.8 Å². The molecule has 1 aromatic carbocycles. The van der Waals surface area contributed by atoms with Crippen molar-refractivity contribution in [2.45, 2.75) is 31.7 Å². The maximum Gasteiger partial charge on any atom is 0.251 e.